The average molecular weight is 350 g/mol. The molecule has 2 aromatic carbocycles. The summed E-state index contributed by atoms with van der Waals surface area (Å²) >= 11 is 0. The van der Waals surface area contributed by atoms with Crippen LogP contribution in [-0.4, -0.2) is 28.0 Å². The van der Waals surface area contributed by atoms with Crippen LogP contribution in [0.15, 0.2) is 59.7 Å². The molecule has 0 spiro atoms. The molecule has 25 heavy (non-hydrogen) atoms. The van der Waals surface area contributed by atoms with E-state index in [9.17, 15) is 28.2 Å². The van der Waals surface area contributed by atoms with Gasteiger partial charge in [0.05, 0.1) is 11.8 Å². The molecular formula is C17H13F3N2O3. The number of amides is 1. The quantitative estimate of drug-likeness (QED) is 0.894. The van der Waals surface area contributed by atoms with Crippen LogP contribution < -0.4 is 5.01 Å². The van der Waals surface area contributed by atoms with E-state index in [1.54, 1.807) is 18.2 Å². The number of anilines is 1. The van der Waals surface area contributed by atoms with Crippen molar-refractivity contribution < 1.29 is 28.2 Å². The number of aliphatic hydroxyl groups is 1. The third kappa shape index (κ3) is 3.20. The van der Waals surface area contributed by atoms with Gasteiger partial charge in [0, 0.05) is 0 Å². The Morgan fingerprint density at radius 3 is 2.20 bits per heavy atom. The normalized spacial score (nSPS) is 19.0. The monoisotopic (exact) mass is 350 g/mol. The Morgan fingerprint density at radius 2 is 1.64 bits per heavy atom. The van der Waals surface area contributed by atoms with Crippen LogP contribution in [0.5, 0.6) is 5.75 Å². The topological polar surface area (TPSA) is 73.1 Å². The minimum absolute atomic E-state index is 0.0722. The zero-order valence-electron chi connectivity index (χ0n) is 12.7. The summed E-state index contributed by atoms with van der Waals surface area (Å²) in [6, 6.07) is 12.6. The highest BCUT2D eigenvalue weighted by Crippen LogP contribution is 2.38. The number of benzene rings is 2. The number of halogens is 3. The van der Waals surface area contributed by atoms with Crippen LogP contribution in [0, 0.1) is 5.92 Å². The van der Waals surface area contributed by atoms with E-state index in [2.05, 4.69) is 5.10 Å². The van der Waals surface area contributed by atoms with Crippen LogP contribution in [-0.2, 0) is 4.79 Å². The first-order chi connectivity index (χ1) is 11.8. The largest absolute Gasteiger partial charge is 0.508 e. The first-order valence-corrected chi connectivity index (χ1v) is 7.31. The Labute approximate surface area is 140 Å². The van der Waals surface area contributed by atoms with Gasteiger partial charge in [0.15, 0.2) is 5.71 Å². The van der Waals surface area contributed by atoms with E-state index in [-0.39, 0.29) is 17.0 Å². The van der Waals surface area contributed by atoms with Gasteiger partial charge in [-0.1, -0.05) is 30.3 Å². The standard InChI is InChI=1S/C17H13F3N2O3/c18-17(19,20)15-13(14(24)10-6-8-12(23)9-7-10)16(25)22(21-15)11-4-2-1-3-5-11/h1-9,13-14,23-24H/t13-,14+/m1/s1. The predicted octanol–water partition coefficient (Wildman–Crippen LogP) is 3.01. The Morgan fingerprint density at radius 1 is 1.04 bits per heavy atom. The number of hydrogen-bond donors (Lipinski definition) is 2. The Balaban J connectivity index is 2.01. The lowest BCUT2D eigenvalue weighted by molar-refractivity contribution is -0.123. The van der Waals surface area contributed by atoms with E-state index in [1.807, 2.05) is 0 Å². The molecule has 0 bridgehead atoms. The van der Waals surface area contributed by atoms with Gasteiger partial charge >= 0.3 is 6.18 Å². The van der Waals surface area contributed by atoms with Crippen LogP contribution in [0.25, 0.3) is 0 Å². The van der Waals surface area contributed by atoms with Gasteiger partial charge < -0.3 is 10.2 Å². The smallest absolute Gasteiger partial charge is 0.432 e. The maximum Gasteiger partial charge on any atom is 0.432 e. The number of rotatable bonds is 3. The second-order valence-electron chi connectivity index (χ2n) is 5.48. The lowest BCUT2D eigenvalue weighted by atomic mass is 9.91. The van der Waals surface area contributed by atoms with Gasteiger partial charge in [0.1, 0.15) is 11.7 Å². The Kier molecular flexibility index (Phi) is 4.22. The fourth-order valence-corrected chi connectivity index (χ4v) is 2.60. The summed E-state index contributed by atoms with van der Waals surface area (Å²) in [4.78, 5) is 12.5. The Bertz CT molecular complexity index is 804. The second-order valence-corrected chi connectivity index (χ2v) is 5.48. The molecule has 0 fully saturated rings. The predicted molar refractivity (Wildman–Crippen MR) is 84.0 cm³/mol. The summed E-state index contributed by atoms with van der Waals surface area (Å²) in [6.45, 7) is 0. The van der Waals surface area contributed by atoms with Crippen LogP contribution in [0.4, 0.5) is 18.9 Å². The number of phenolic OH excluding ortho intramolecular Hbond substituents is 1. The molecular weight excluding hydrogens is 337 g/mol. The third-order valence-electron chi connectivity index (χ3n) is 3.82. The number of nitrogens with zero attached hydrogens (tertiary/aromatic N) is 2. The molecule has 0 aliphatic carbocycles. The molecule has 2 atom stereocenters. The number of phenols is 1. The van der Waals surface area contributed by atoms with E-state index < -0.39 is 29.8 Å². The molecule has 2 N–H and O–H groups in total. The fraction of sp³-hybridized carbons (Fsp3) is 0.176. The molecule has 0 saturated carbocycles. The van der Waals surface area contributed by atoms with Crippen LogP contribution >= 0.6 is 0 Å². The molecule has 0 unspecified atom stereocenters. The highest BCUT2D eigenvalue weighted by Gasteiger charge is 2.53. The SMILES string of the molecule is O=C1[C@H]([C@@H](O)c2ccc(O)cc2)C(C(F)(F)F)=NN1c1ccccc1. The molecule has 130 valence electrons. The summed E-state index contributed by atoms with van der Waals surface area (Å²) in [5, 5.41) is 23.7. The number of alkyl halides is 3. The summed E-state index contributed by atoms with van der Waals surface area (Å²) in [5.41, 5.74) is -1.11. The van der Waals surface area contributed by atoms with Crippen molar-refractivity contribution in [1.29, 1.82) is 0 Å². The number of carbonyl (C=O) groups is 1. The number of aromatic hydroxyl groups is 1. The van der Waals surface area contributed by atoms with Gasteiger partial charge in [0.2, 0.25) is 0 Å². The molecule has 0 saturated heterocycles. The van der Waals surface area contributed by atoms with Gasteiger partial charge in [-0.05, 0) is 29.8 Å². The summed E-state index contributed by atoms with van der Waals surface area (Å²) in [5.74, 6) is -2.96. The van der Waals surface area contributed by atoms with Gasteiger partial charge in [-0.2, -0.15) is 23.3 Å². The number of aliphatic hydroxyl groups excluding tert-OH is 1. The van der Waals surface area contributed by atoms with E-state index in [0.717, 1.165) is 0 Å². The van der Waals surface area contributed by atoms with E-state index in [4.69, 9.17) is 0 Å². The Hall–Kier alpha value is -2.87. The number of para-hydroxylation sites is 1. The van der Waals surface area contributed by atoms with Crippen LogP contribution in [0.1, 0.15) is 11.7 Å². The van der Waals surface area contributed by atoms with Crippen molar-refractivity contribution >= 4 is 17.3 Å². The van der Waals surface area contributed by atoms with Crippen LogP contribution in [0.3, 0.4) is 0 Å². The van der Waals surface area contributed by atoms with E-state index in [0.29, 0.717) is 5.01 Å². The zero-order chi connectivity index (χ0) is 18.2. The molecule has 1 amide bonds. The van der Waals surface area contributed by atoms with Crippen molar-refractivity contribution in [2.24, 2.45) is 11.0 Å². The molecule has 1 aliphatic rings. The molecule has 1 aliphatic heterocycles. The van der Waals surface area contributed by atoms with Crippen molar-refractivity contribution in [1.82, 2.24) is 0 Å². The third-order valence-corrected chi connectivity index (χ3v) is 3.82. The minimum Gasteiger partial charge on any atom is -0.508 e. The number of hydrogen-bond acceptors (Lipinski definition) is 4. The maximum atomic E-state index is 13.4. The molecule has 0 aromatic heterocycles. The molecule has 8 heteroatoms. The van der Waals surface area contributed by atoms with E-state index in [1.165, 1.54) is 36.4 Å². The molecule has 0 radical (unpaired) electrons. The number of hydrazone groups is 1. The average Bonchev–Trinajstić information content (AvgIpc) is 2.93. The molecule has 1 heterocycles. The summed E-state index contributed by atoms with van der Waals surface area (Å²) < 4.78 is 40.1. The second kappa shape index (κ2) is 6.21. The van der Waals surface area contributed by atoms with Crippen molar-refractivity contribution in [2.75, 3.05) is 5.01 Å². The van der Waals surface area contributed by atoms with Gasteiger partial charge in [-0.25, -0.2) is 0 Å². The summed E-state index contributed by atoms with van der Waals surface area (Å²) in [7, 11) is 0. The van der Waals surface area contributed by atoms with Crippen molar-refractivity contribution in [3.05, 3.63) is 60.2 Å². The van der Waals surface area contributed by atoms with Crippen molar-refractivity contribution in [3.8, 4) is 5.75 Å². The molecule has 3 rings (SSSR count). The first-order valence-electron chi connectivity index (χ1n) is 7.31. The first kappa shape index (κ1) is 17.0. The summed E-state index contributed by atoms with van der Waals surface area (Å²) in [6.07, 6.45) is -6.62. The highest BCUT2D eigenvalue weighted by atomic mass is 19.4. The zero-order valence-corrected chi connectivity index (χ0v) is 12.7. The molecule has 2 aromatic rings. The number of carbonyl (C=O) groups excluding carboxylic acids is 1. The van der Waals surface area contributed by atoms with Gasteiger partial charge in [-0.3, -0.25) is 4.79 Å². The lowest BCUT2D eigenvalue weighted by Crippen LogP contribution is -2.37. The minimum atomic E-state index is -4.87. The van der Waals surface area contributed by atoms with Crippen molar-refractivity contribution in [2.45, 2.75) is 12.3 Å². The maximum absolute atomic E-state index is 13.4. The lowest BCUT2D eigenvalue weighted by Gasteiger charge is -2.20. The van der Waals surface area contributed by atoms with Gasteiger partial charge in [0.25, 0.3) is 5.91 Å². The van der Waals surface area contributed by atoms with E-state index >= 15 is 0 Å². The van der Waals surface area contributed by atoms with Crippen molar-refractivity contribution in [3.63, 3.8) is 0 Å². The highest BCUT2D eigenvalue weighted by molar-refractivity contribution is 6.17. The van der Waals surface area contributed by atoms with Crippen LogP contribution in [0.2, 0.25) is 0 Å². The molecule has 5 nitrogen and oxygen atoms in total. The fourth-order valence-electron chi connectivity index (χ4n) is 2.60. The van der Waals surface area contributed by atoms with Gasteiger partial charge in [-0.15, -0.1) is 0 Å².